The summed E-state index contributed by atoms with van der Waals surface area (Å²) in [6.45, 7) is 3.76. The van der Waals surface area contributed by atoms with Gasteiger partial charge in [-0.25, -0.2) is 4.39 Å². The summed E-state index contributed by atoms with van der Waals surface area (Å²) in [6, 6.07) is 5.58. The standard InChI is InChI=1S/C12H13FN2OS/c1-7(2)11(17)12(16)15-9-3-4-10(13)8(5-9)6-14/h3-5,7,11,17H,1-2H3,(H,15,16). The van der Waals surface area contributed by atoms with Crippen LogP contribution in [0.2, 0.25) is 0 Å². The van der Waals surface area contributed by atoms with E-state index in [1.165, 1.54) is 12.1 Å². The molecule has 17 heavy (non-hydrogen) atoms. The number of nitriles is 1. The minimum atomic E-state index is -0.600. The zero-order valence-corrected chi connectivity index (χ0v) is 10.5. The van der Waals surface area contributed by atoms with Crippen LogP contribution in [0.15, 0.2) is 18.2 Å². The van der Waals surface area contributed by atoms with Gasteiger partial charge in [-0.2, -0.15) is 17.9 Å². The number of rotatable bonds is 3. The van der Waals surface area contributed by atoms with Crippen molar-refractivity contribution in [3.05, 3.63) is 29.6 Å². The number of hydrogen-bond acceptors (Lipinski definition) is 3. The van der Waals surface area contributed by atoms with E-state index >= 15 is 0 Å². The molecule has 0 aliphatic rings. The average Bonchev–Trinajstić information content (AvgIpc) is 2.30. The van der Waals surface area contributed by atoms with Crippen molar-refractivity contribution in [1.82, 2.24) is 0 Å². The second-order valence-electron chi connectivity index (χ2n) is 3.98. The van der Waals surface area contributed by atoms with E-state index in [1.807, 2.05) is 13.8 Å². The summed E-state index contributed by atoms with van der Waals surface area (Å²) in [5.74, 6) is -0.773. The van der Waals surface area contributed by atoms with Crippen molar-refractivity contribution in [2.75, 3.05) is 5.32 Å². The van der Waals surface area contributed by atoms with Crippen LogP contribution in [0.25, 0.3) is 0 Å². The Hall–Kier alpha value is -1.54. The zero-order valence-electron chi connectivity index (χ0n) is 9.57. The maximum Gasteiger partial charge on any atom is 0.237 e. The highest BCUT2D eigenvalue weighted by molar-refractivity contribution is 7.81. The van der Waals surface area contributed by atoms with Crippen molar-refractivity contribution in [3.8, 4) is 6.07 Å². The van der Waals surface area contributed by atoms with Gasteiger partial charge in [0.15, 0.2) is 0 Å². The van der Waals surface area contributed by atoms with Crippen LogP contribution in [0, 0.1) is 23.1 Å². The van der Waals surface area contributed by atoms with E-state index in [4.69, 9.17) is 5.26 Å². The van der Waals surface area contributed by atoms with Gasteiger partial charge < -0.3 is 5.32 Å². The van der Waals surface area contributed by atoms with Crippen molar-refractivity contribution in [3.63, 3.8) is 0 Å². The van der Waals surface area contributed by atoms with E-state index in [1.54, 1.807) is 6.07 Å². The third-order valence-electron chi connectivity index (χ3n) is 2.25. The van der Waals surface area contributed by atoms with Gasteiger partial charge in [0.05, 0.1) is 10.8 Å². The molecule has 0 aliphatic heterocycles. The van der Waals surface area contributed by atoms with Crippen LogP contribution in [0.5, 0.6) is 0 Å². The molecule has 0 bridgehead atoms. The average molecular weight is 252 g/mol. The Bertz CT molecular complexity index is 468. The van der Waals surface area contributed by atoms with Crippen LogP contribution in [0.4, 0.5) is 10.1 Å². The first kappa shape index (κ1) is 13.5. The predicted octanol–water partition coefficient (Wildman–Crippen LogP) is 2.59. The fourth-order valence-electron chi connectivity index (χ4n) is 1.21. The van der Waals surface area contributed by atoms with Crippen LogP contribution in [0.1, 0.15) is 19.4 Å². The predicted molar refractivity (Wildman–Crippen MR) is 67.4 cm³/mol. The lowest BCUT2D eigenvalue weighted by atomic mass is 10.1. The van der Waals surface area contributed by atoms with Crippen LogP contribution in [-0.4, -0.2) is 11.2 Å². The van der Waals surface area contributed by atoms with E-state index in [-0.39, 0.29) is 17.4 Å². The second-order valence-corrected chi connectivity index (χ2v) is 4.54. The molecule has 0 spiro atoms. The van der Waals surface area contributed by atoms with Gasteiger partial charge in [0.25, 0.3) is 0 Å². The summed E-state index contributed by atoms with van der Waals surface area (Å²) in [6.07, 6.45) is 0. The Kier molecular flexibility index (Phi) is 4.53. The lowest BCUT2D eigenvalue weighted by Crippen LogP contribution is -2.27. The summed E-state index contributed by atoms with van der Waals surface area (Å²) < 4.78 is 13.0. The molecule has 1 atom stereocenters. The minimum absolute atomic E-state index is 0.0919. The molecule has 1 aromatic carbocycles. The summed E-state index contributed by atoms with van der Waals surface area (Å²) in [7, 11) is 0. The van der Waals surface area contributed by atoms with Crippen LogP contribution in [-0.2, 0) is 4.79 Å². The third kappa shape index (κ3) is 3.46. The number of carbonyl (C=O) groups is 1. The quantitative estimate of drug-likeness (QED) is 0.812. The molecule has 0 heterocycles. The molecule has 0 saturated heterocycles. The Morgan fingerprint density at radius 1 is 1.53 bits per heavy atom. The Morgan fingerprint density at radius 3 is 2.71 bits per heavy atom. The van der Waals surface area contributed by atoms with Gasteiger partial charge in [-0.1, -0.05) is 13.8 Å². The molecule has 0 aromatic heterocycles. The fourth-order valence-corrected chi connectivity index (χ4v) is 1.27. The molecule has 3 nitrogen and oxygen atoms in total. The first-order valence-corrected chi connectivity index (χ1v) is 5.66. The number of carbonyl (C=O) groups excluding carboxylic acids is 1. The zero-order chi connectivity index (χ0) is 13.0. The molecule has 1 rings (SSSR count). The van der Waals surface area contributed by atoms with Gasteiger partial charge in [-0.05, 0) is 24.1 Å². The normalized spacial score (nSPS) is 12.0. The van der Waals surface area contributed by atoms with E-state index in [2.05, 4.69) is 17.9 Å². The first-order chi connectivity index (χ1) is 7.95. The number of nitrogens with zero attached hydrogens (tertiary/aromatic N) is 1. The van der Waals surface area contributed by atoms with E-state index in [0.717, 1.165) is 6.07 Å². The first-order valence-electron chi connectivity index (χ1n) is 5.14. The molecular formula is C12H13FN2OS. The molecule has 0 aliphatic carbocycles. The van der Waals surface area contributed by atoms with Gasteiger partial charge in [0.2, 0.25) is 5.91 Å². The largest absolute Gasteiger partial charge is 0.325 e. The Morgan fingerprint density at radius 2 is 2.18 bits per heavy atom. The summed E-state index contributed by atoms with van der Waals surface area (Å²) in [4.78, 5) is 11.7. The molecule has 90 valence electrons. The number of amides is 1. The van der Waals surface area contributed by atoms with Crippen LogP contribution >= 0.6 is 12.6 Å². The van der Waals surface area contributed by atoms with Gasteiger partial charge in [0, 0.05) is 5.69 Å². The maximum atomic E-state index is 13.0. The number of anilines is 1. The lowest BCUT2D eigenvalue weighted by Gasteiger charge is -2.14. The molecular weight excluding hydrogens is 239 g/mol. The SMILES string of the molecule is CC(C)C(S)C(=O)Nc1ccc(F)c(C#N)c1. The maximum absolute atomic E-state index is 13.0. The molecule has 0 saturated carbocycles. The van der Waals surface area contributed by atoms with E-state index in [9.17, 15) is 9.18 Å². The monoisotopic (exact) mass is 252 g/mol. The molecule has 1 N–H and O–H groups in total. The smallest absolute Gasteiger partial charge is 0.237 e. The van der Waals surface area contributed by atoms with Crippen LogP contribution in [0.3, 0.4) is 0 Å². The number of benzene rings is 1. The molecule has 0 radical (unpaired) electrons. The Labute approximate surface area is 105 Å². The molecule has 1 amide bonds. The van der Waals surface area contributed by atoms with E-state index in [0.29, 0.717) is 5.69 Å². The Balaban J connectivity index is 2.83. The summed E-state index contributed by atoms with van der Waals surface area (Å²) in [5, 5.41) is 10.8. The topological polar surface area (TPSA) is 52.9 Å². The van der Waals surface area contributed by atoms with Gasteiger partial charge >= 0.3 is 0 Å². The highest BCUT2D eigenvalue weighted by atomic mass is 32.1. The van der Waals surface area contributed by atoms with Gasteiger partial charge in [-0.15, -0.1) is 0 Å². The molecule has 0 fully saturated rings. The van der Waals surface area contributed by atoms with Crippen LogP contribution < -0.4 is 5.32 Å². The number of hydrogen-bond donors (Lipinski definition) is 2. The van der Waals surface area contributed by atoms with Crippen molar-refractivity contribution in [2.45, 2.75) is 19.1 Å². The number of halogens is 1. The third-order valence-corrected chi connectivity index (χ3v) is 3.09. The van der Waals surface area contributed by atoms with Crippen molar-refractivity contribution in [1.29, 1.82) is 5.26 Å². The van der Waals surface area contributed by atoms with Gasteiger partial charge in [-0.3, -0.25) is 4.79 Å². The van der Waals surface area contributed by atoms with Crippen molar-refractivity contribution >= 4 is 24.2 Å². The highest BCUT2D eigenvalue weighted by Crippen LogP contribution is 2.16. The molecule has 5 heteroatoms. The fraction of sp³-hybridized carbons (Fsp3) is 0.333. The minimum Gasteiger partial charge on any atom is -0.325 e. The van der Waals surface area contributed by atoms with E-state index < -0.39 is 11.1 Å². The molecule has 1 aromatic rings. The second kappa shape index (κ2) is 5.69. The highest BCUT2D eigenvalue weighted by Gasteiger charge is 2.17. The van der Waals surface area contributed by atoms with Crippen molar-refractivity contribution < 1.29 is 9.18 Å². The van der Waals surface area contributed by atoms with Gasteiger partial charge in [0.1, 0.15) is 11.9 Å². The number of nitrogens with one attached hydrogen (secondary N) is 1. The lowest BCUT2D eigenvalue weighted by molar-refractivity contribution is -0.116. The molecule has 1 unspecified atom stereocenters. The summed E-state index contributed by atoms with van der Waals surface area (Å²) in [5.41, 5.74) is 0.302. The van der Waals surface area contributed by atoms with Crippen molar-refractivity contribution in [2.24, 2.45) is 5.92 Å². The summed E-state index contributed by atoms with van der Waals surface area (Å²) >= 11 is 4.17. The number of thiol groups is 1.